The zero-order valence-corrected chi connectivity index (χ0v) is 13.2. The molecular formula is C12H16BrNO4S. The smallest absolute Gasteiger partial charge is 0.251 e. The minimum absolute atomic E-state index is 0.0690. The number of amides is 1. The second-order valence-corrected chi connectivity index (χ2v) is 7.20. The molecule has 1 aromatic carbocycles. The summed E-state index contributed by atoms with van der Waals surface area (Å²) in [6, 6.07) is 5.00. The Morgan fingerprint density at radius 1 is 1.42 bits per heavy atom. The zero-order valence-electron chi connectivity index (χ0n) is 10.8. The van der Waals surface area contributed by atoms with Crippen LogP contribution in [0.5, 0.6) is 5.75 Å². The van der Waals surface area contributed by atoms with Crippen LogP contribution in [0.15, 0.2) is 22.7 Å². The topological polar surface area (TPSA) is 72.5 Å². The van der Waals surface area contributed by atoms with Crippen molar-refractivity contribution in [2.24, 2.45) is 0 Å². The fraction of sp³-hybridized carbons (Fsp3) is 0.417. The molecule has 1 amide bonds. The van der Waals surface area contributed by atoms with E-state index >= 15 is 0 Å². The highest BCUT2D eigenvalue weighted by Gasteiger charge is 2.09. The van der Waals surface area contributed by atoms with Crippen LogP contribution in [-0.4, -0.2) is 40.0 Å². The van der Waals surface area contributed by atoms with Crippen LogP contribution in [0.3, 0.4) is 0 Å². The SMILES string of the molecule is COc1ccc(C(=O)NCCCS(C)(=O)=O)cc1Br. The van der Waals surface area contributed by atoms with E-state index in [0.717, 1.165) is 0 Å². The number of nitrogens with one attached hydrogen (secondary N) is 1. The summed E-state index contributed by atoms with van der Waals surface area (Å²) in [5, 5.41) is 2.67. The molecule has 0 atom stereocenters. The normalized spacial score (nSPS) is 11.1. The van der Waals surface area contributed by atoms with E-state index in [1.165, 1.54) is 6.26 Å². The third-order valence-corrected chi connectivity index (χ3v) is 4.04. The number of carbonyl (C=O) groups excluding carboxylic acids is 1. The molecule has 0 saturated heterocycles. The van der Waals surface area contributed by atoms with Gasteiger partial charge in [-0.05, 0) is 40.5 Å². The summed E-state index contributed by atoms with van der Waals surface area (Å²) in [5.74, 6) is 0.477. The molecular weight excluding hydrogens is 334 g/mol. The van der Waals surface area contributed by atoms with Crippen molar-refractivity contribution < 1.29 is 17.9 Å². The van der Waals surface area contributed by atoms with Gasteiger partial charge in [-0.3, -0.25) is 4.79 Å². The molecule has 1 N–H and O–H groups in total. The summed E-state index contributed by atoms with van der Waals surface area (Å²) in [4.78, 5) is 11.8. The van der Waals surface area contributed by atoms with Crippen LogP contribution >= 0.6 is 15.9 Å². The van der Waals surface area contributed by atoms with Crippen LogP contribution < -0.4 is 10.1 Å². The van der Waals surface area contributed by atoms with Crippen molar-refractivity contribution in [1.82, 2.24) is 5.32 Å². The Labute approximate surface area is 121 Å². The van der Waals surface area contributed by atoms with E-state index in [2.05, 4.69) is 21.2 Å². The van der Waals surface area contributed by atoms with E-state index < -0.39 is 9.84 Å². The quantitative estimate of drug-likeness (QED) is 0.792. The maximum atomic E-state index is 11.8. The molecule has 1 rings (SSSR count). The Morgan fingerprint density at radius 2 is 2.11 bits per heavy atom. The lowest BCUT2D eigenvalue weighted by Gasteiger charge is -2.07. The molecule has 0 aliphatic carbocycles. The predicted octanol–water partition coefficient (Wildman–Crippen LogP) is 1.62. The first-order valence-electron chi connectivity index (χ1n) is 5.63. The van der Waals surface area contributed by atoms with Crippen molar-refractivity contribution in [2.75, 3.05) is 25.7 Å². The number of ether oxygens (including phenoxy) is 1. The molecule has 0 saturated carbocycles. The lowest BCUT2D eigenvalue weighted by Crippen LogP contribution is -2.25. The van der Waals surface area contributed by atoms with Crippen molar-refractivity contribution in [3.05, 3.63) is 28.2 Å². The first-order valence-corrected chi connectivity index (χ1v) is 8.48. The van der Waals surface area contributed by atoms with Crippen molar-refractivity contribution >= 4 is 31.7 Å². The van der Waals surface area contributed by atoms with Crippen LogP contribution in [0.4, 0.5) is 0 Å². The fourth-order valence-corrected chi connectivity index (χ4v) is 2.66. The molecule has 19 heavy (non-hydrogen) atoms. The van der Waals surface area contributed by atoms with Crippen molar-refractivity contribution in [3.63, 3.8) is 0 Å². The van der Waals surface area contributed by atoms with Gasteiger partial charge in [-0.25, -0.2) is 8.42 Å². The van der Waals surface area contributed by atoms with Gasteiger partial charge >= 0.3 is 0 Å². The summed E-state index contributed by atoms with van der Waals surface area (Å²) in [5.41, 5.74) is 0.493. The molecule has 0 unspecified atom stereocenters. The second-order valence-electron chi connectivity index (χ2n) is 4.09. The van der Waals surface area contributed by atoms with Gasteiger partial charge in [-0.2, -0.15) is 0 Å². The van der Waals surface area contributed by atoms with Crippen LogP contribution in [0.25, 0.3) is 0 Å². The van der Waals surface area contributed by atoms with E-state index in [0.29, 0.717) is 28.8 Å². The van der Waals surface area contributed by atoms with Gasteiger partial charge in [0.2, 0.25) is 0 Å². The van der Waals surface area contributed by atoms with Crippen LogP contribution in [0.1, 0.15) is 16.8 Å². The lowest BCUT2D eigenvalue weighted by atomic mass is 10.2. The average Bonchev–Trinajstić information content (AvgIpc) is 2.33. The first kappa shape index (κ1) is 16.0. The first-order chi connectivity index (χ1) is 8.83. The monoisotopic (exact) mass is 349 g/mol. The van der Waals surface area contributed by atoms with Gasteiger partial charge in [-0.15, -0.1) is 0 Å². The highest BCUT2D eigenvalue weighted by molar-refractivity contribution is 9.10. The molecule has 1 aromatic rings. The summed E-state index contributed by atoms with van der Waals surface area (Å²) >= 11 is 3.30. The average molecular weight is 350 g/mol. The molecule has 0 fully saturated rings. The Kier molecular flexibility index (Phi) is 5.81. The van der Waals surface area contributed by atoms with Gasteiger partial charge in [-0.1, -0.05) is 0 Å². The lowest BCUT2D eigenvalue weighted by molar-refractivity contribution is 0.0953. The van der Waals surface area contributed by atoms with Crippen LogP contribution in [-0.2, 0) is 9.84 Å². The number of halogens is 1. The maximum Gasteiger partial charge on any atom is 0.251 e. The van der Waals surface area contributed by atoms with Gasteiger partial charge in [0.05, 0.1) is 17.3 Å². The number of hydrogen-bond acceptors (Lipinski definition) is 4. The van der Waals surface area contributed by atoms with Crippen molar-refractivity contribution in [2.45, 2.75) is 6.42 Å². The molecule has 0 heterocycles. The number of carbonyl (C=O) groups is 1. The zero-order chi connectivity index (χ0) is 14.5. The number of hydrogen-bond donors (Lipinski definition) is 1. The Balaban J connectivity index is 2.52. The standard InChI is InChI=1S/C12H16BrNO4S/c1-18-11-5-4-9(8-10(11)13)12(15)14-6-3-7-19(2,16)17/h4-5,8H,3,6-7H2,1-2H3,(H,14,15). The van der Waals surface area contributed by atoms with E-state index in [1.807, 2.05) is 0 Å². The number of methoxy groups -OCH3 is 1. The number of sulfone groups is 1. The summed E-state index contributed by atoms with van der Waals surface area (Å²) in [6.45, 7) is 0.329. The Morgan fingerprint density at radius 3 is 2.63 bits per heavy atom. The van der Waals surface area contributed by atoms with E-state index in [-0.39, 0.29) is 11.7 Å². The highest BCUT2D eigenvalue weighted by atomic mass is 79.9. The molecule has 0 spiro atoms. The summed E-state index contributed by atoms with van der Waals surface area (Å²) in [7, 11) is -1.43. The van der Waals surface area contributed by atoms with E-state index in [1.54, 1.807) is 25.3 Å². The van der Waals surface area contributed by atoms with Gasteiger partial charge in [0.1, 0.15) is 15.6 Å². The minimum Gasteiger partial charge on any atom is -0.496 e. The number of rotatable bonds is 6. The van der Waals surface area contributed by atoms with Crippen LogP contribution in [0, 0.1) is 0 Å². The van der Waals surface area contributed by atoms with Gasteiger partial charge < -0.3 is 10.1 Å². The summed E-state index contributed by atoms with van der Waals surface area (Å²) in [6.07, 6.45) is 1.58. The molecule has 106 valence electrons. The van der Waals surface area contributed by atoms with E-state index in [9.17, 15) is 13.2 Å². The Bertz CT molecular complexity index is 557. The molecule has 0 bridgehead atoms. The molecule has 7 heteroatoms. The van der Waals surface area contributed by atoms with Crippen molar-refractivity contribution in [1.29, 1.82) is 0 Å². The van der Waals surface area contributed by atoms with Crippen molar-refractivity contribution in [3.8, 4) is 5.75 Å². The third kappa shape index (κ3) is 5.61. The second kappa shape index (κ2) is 6.91. The fourth-order valence-electron chi connectivity index (χ4n) is 1.45. The molecule has 0 radical (unpaired) electrons. The van der Waals surface area contributed by atoms with Gasteiger partial charge in [0.15, 0.2) is 0 Å². The third-order valence-electron chi connectivity index (χ3n) is 2.39. The van der Waals surface area contributed by atoms with Gasteiger partial charge in [0, 0.05) is 18.4 Å². The minimum atomic E-state index is -2.98. The molecule has 5 nitrogen and oxygen atoms in total. The maximum absolute atomic E-state index is 11.8. The highest BCUT2D eigenvalue weighted by Crippen LogP contribution is 2.25. The summed E-state index contributed by atoms with van der Waals surface area (Å²) < 4.78 is 27.6. The molecule has 0 aromatic heterocycles. The largest absolute Gasteiger partial charge is 0.496 e. The number of benzene rings is 1. The molecule has 0 aliphatic rings. The Hall–Kier alpha value is -1.08. The van der Waals surface area contributed by atoms with Gasteiger partial charge in [0.25, 0.3) is 5.91 Å². The predicted molar refractivity (Wildman–Crippen MR) is 77.4 cm³/mol. The van der Waals surface area contributed by atoms with E-state index in [4.69, 9.17) is 4.74 Å². The molecule has 0 aliphatic heterocycles. The van der Waals surface area contributed by atoms with Crippen LogP contribution in [0.2, 0.25) is 0 Å².